The Hall–Kier alpha value is -3.33. The van der Waals surface area contributed by atoms with Crippen LogP contribution in [0.4, 0.5) is 5.69 Å². The van der Waals surface area contributed by atoms with Gasteiger partial charge in [-0.25, -0.2) is 4.79 Å². The largest absolute Gasteiger partial charge is 0.481 e. The molecular weight excluding hydrogens is 459 g/mol. The second-order valence-corrected chi connectivity index (χ2v) is 7.61. The van der Waals surface area contributed by atoms with Crippen LogP contribution in [0.5, 0.6) is 0 Å². The van der Waals surface area contributed by atoms with Gasteiger partial charge in [0.1, 0.15) is 11.5 Å². The fourth-order valence-electron chi connectivity index (χ4n) is 2.96. The molecule has 0 bridgehead atoms. The van der Waals surface area contributed by atoms with E-state index in [0.29, 0.717) is 27.1 Å². The number of benzene rings is 2. The summed E-state index contributed by atoms with van der Waals surface area (Å²) in [5, 5.41) is 24.7. The number of amides is 1. The van der Waals surface area contributed by atoms with Gasteiger partial charge < -0.3 is 19.9 Å². The number of hydrogen-bond acceptors (Lipinski definition) is 5. The summed E-state index contributed by atoms with van der Waals surface area (Å²) in [5.41, 5.74) is 0.553. The van der Waals surface area contributed by atoms with Crippen LogP contribution in [-0.4, -0.2) is 34.1 Å². The summed E-state index contributed by atoms with van der Waals surface area (Å²) in [7, 11) is 0. The molecule has 10 heteroatoms. The van der Waals surface area contributed by atoms with Crippen molar-refractivity contribution in [2.24, 2.45) is 0 Å². The zero-order chi connectivity index (χ0) is 23.3. The van der Waals surface area contributed by atoms with Gasteiger partial charge in [-0.05, 0) is 42.5 Å². The average Bonchev–Trinajstić information content (AvgIpc) is 3.21. The topological polar surface area (TPSA) is 129 Å². The Morgan fingerprint density at radius 1 is 1.00 bits per heavy atom. The van der Waals surface area contributed by atoms with E-state index in [2.05, 4.69) is 10.6 Å². The Morgan fingerprint density at radius 2 is 1.75 bits per heavy atom. The minimum atomic E-state index is -1.22. The molecular formula is C22H18Cl2N2O6. The summed E-state index contributed by atoms with van der Waals surface area (Å²) in [4.78, 5) is 35.2. The molecule has 0 spiro atoms. The summed E-state index contributed by atoms with van der Waals surface area (Å²) >= 11 is 12.2. The highest BCUT2D eigenvalue weighted by Gasteiger charge is 2.23. The van der Waals surface area contributed by atoms with Crippen molar-refractivity contribution >= 4 is 46.7 Å². The monoisotopic (exact) mass is 476 g/mol. The zero-order valence-corrected chi connectivity index (χ0v) is 18.0. The Bertz CT molecular complexity index is 1160. The second kappa shape index (κ2) is 10.3. The summed E-state index contributed by atoms with van der Waals surface area (Å²) < 4.78 is 5.75. The number of furan rings is 1. The number of para-hydroxylation sites is 1. The smallest absolute Gasteiger partial charge is 0.337 e. The number of carbonyl (C=O) groups is 3. The van der Waals surface area contributed by atoms with Crippen molar-refractivity contribution in [3.05, 3.63) is 76.0 Å². The normalized spacial score (nSPS) is 11.7. The molecule has 4 N–H and O–H groups in total. The lowest BCUT2D eigenvalue weighted by molar-refractivity contribution is -0.139. The van der Waals surface area contributed by atoms with Crippen LogP contribution in [-0.2, 0) is 16.1 Å². The van der Waals surface area contributed by atoms with Crippen molar-refractivity contribution in [3.63, 3.8) is 0 Å². The fourth-order valence-corrected chi connectivity index (χ4v) is 3.34. The summed E-state index contributed by atoms with van der Waals surface area (Å²) in [6.45, 7) is 0.0458. The molecule has 3 rings (SSSR count). The van der Waals surface area contributed by atoms with Crippen molar-refractivity contribution in [2.75, 3.05) is 5.32 Å². The number of hydrogen-bond donors (Lipinski definition) is 4. The number of carboxylic acids is 2. The van der Waals surface area contributed by atoms with Gasteiger partial charge in [-0.15, -0.1) is 0 Å². The molecule has 166 valence electrons. The predicted molar refractivity (Wildman–Crippen MR) is 119 cm³/mol. The molecule has 0 fully saturated rings. The van der Waals surface area contributed by atoms with E-state index < -0.39 is 30.3 Å². The average molecular weight is 477 g/mol. The van der Waals surface area contributed by atoms with Gasteiger partial charge in [-0.2, -0.15) is 0 Å². The molecule has 2 aromatic carbocycles. The number of rotatable bonds is 9. The van der Waals surface area contributed by atoms with Crippen LogP contribution in [0, 0.1) is 0 Å². The molecule has 1 heterocycles. The highest BCUT2D eigenvalue weighted by atomic mass is 35.5. The van der Waals surface area contributed by atoms with Gasteiger partial charge in [-0.1, -0.05) is 35.3 Å². The van der Waals surface area contributed by atoms with Crippen molar-refractivity contribution in [1.82, 2.24) is 5.32 Å². The van der Waals surface area contributed by atoms with Gasteiger partial charge in [0.15, 0.2) is 0 Å². The van der Waals surface area contributed by atoms with Crippen LogP contribution >= 0.6 is 23.2 Å². The number of carboxylic acid groups (broad SMARTS) is 2. The standard InChI is InChI=1S/C22H18Cl2N2O6/c23-12-5-7-16(24)15(9-12)19-8-6-13(32-19)11-25-18(10-20(27)28)21(29)26-17-4-2-1-3-14(17)22(30)31/h1-9,18,25H,10-11H2,(H,26,29)(H,27,28)(H,30,31). The Morgan fingerprint density at radius 3 is 2.47 bits per heavy atom. The highest BCUT2D eigenvalue weighted by Crippen LogP contribution is 2.31. The van der Waals surface area contributed by atoms with E-state index in [1.807, 2.05) is 0 Å². The molecule has 0 aliphatic rings. The van der Waals surface area contributed by atoms with Crippen molar-refractivity contribution < 1.29 is 29.0 Å². The summed E-state index contributed by atoms with van der Waals surface area (Å²) in [6, 6.07) is 13.0. The summed E-state index contributed by atoms with van der Waals surface area (Å²) in [6.07, 6.45) is -0.519. The predicted octanol–water partition coefficient (Wildman–Crippen LogP) is 4.52. The number of carbonyl (C=O) groups excluding carboxylic acids is 1. The maximum Gasteiger partial charge on any atom is 0.337 e. The maximum absolute atomic E-state index is 12.7. The van der Waals surface area contributed by atoms with Gasteiger partial charge >= 0.3 is 11.9 Å². The van der Waals surface area contributed by atoms with Crippen molar-refractivity contribution in [2.45, 2.75) is 19.0 Å². The van der Waals surface area contributed by atoms with E-state index in [4.69, 9.17) is 27.6 Å². The van der Waals surface area contributed by atoms with Crippen LogP contribution in [0.25, 0.3) is 11.3 Å². The second-order valence-electron chi connectivity index (χ2n) is 6.76. The van der Waals surface area contributed by atoms with Gasteiger partial charge in [0.25, 0.3) is 0 Å². The van der Waals surface area contributed by atoms with E-state index in [1.165, 1.54) is 18.2 Å². The molecule has 0 aliphatic heterocycles. The van der Waals surface area contributed by atoms with E-state index in [0.717, 1.165) is 0 Å². The quantitative estimate of drug-likeness (QED) is 0.357. The molecule has 1 amide bonds. The zero-order valence-electron chi connectivity index (χ0n) is 16.5. The molecule has 1 atom stereocenters. The molecule has 32 heavy (non-hydrogen) atoms. The van der Waals surface area contributed by atoms with Crippen LogP contribution in [0.3, 0.4) is 0 Å². The van der Waals surface area contributed by atoms with E-state index in [1.54, 1.807) is 36.4 Å². The molecule has 0 saturated carbocycles. The molecule has 3 aromatic rings. The molecule has 0 aliphatic carbocycles. The fraction of sp³-hybridized carbons (Fsp3) is 0.136. The Kier molecular flexibility index (Phi) is 7.53. The van der Waals surface area contributed by atoms with Gasteiger partial charge in [0.05, 0.1) is 35.3 Å². The van der Waals surface area contributed by atoms with Crippen LogP contribution < -0.4 is 10.6 Å². The highest BCUT2D eigenvalue weighted by molar-refractivity contribution is 6.35. The lowest BCUT2D eigenvalue weighted by Gasteiger charge is -2.17. The third-order valence-corrected chi connectivity index (χ3v) is 5.05. The third-order valence-electron chi connectivity index (χ3n) is 4.49. The van der Waals surface area contributed by atoms with Crippen molar-refractivity contribution in [1.29, 1.82) is 0 Å². The summed E-state index contributed by atoms with van der Waals surface area (Å²) in [5.74, 6) is -2.21. The first kappa shape index (κ1) is 23.3. The lowest BCUT2D eigenvalue weighted by Crippen LogP contribution is -2.41. The number of aliphatic carboxylic acids is 1. The molecule has 8 nitrogen and oxygen atoms in total. The molecule has 1 aromatic heterocycles. The number of halogens is 2. The molecule has 0 saturated heterocycles. The van der Waals surface area contributed by atoms with E-state index in [9.17, 15) is 24.6 Å². The first-order chi connectivity index (χ1) is 15.2. The minimum Gasteiger partial charge on any atom is -0.481 e. The number of nitrogens with one attached hydrogen (secondary N) is 2. The van der Waals surface area contributed by atoms with E-state index >= 15 is 0 Å². The minimum absolute atomic E-state index is 0.0458. The molecule has 0 radical (unpaired) electrons. The van der Waals surface area contributed by atoms with Crippen molar-refractivity contribution in [3.8, 4) is 11.3 Å². The van der Waals surface area contributed by atoms with Crippen LogP contribution in [0.1, 0.15) is 22.5 Å². The Balaban J connectivity index is 1.72. The Labute approximate surface area is 192 Å². The molecule has 1 unspecified atom stereocenters. The first-order valence-corrected chi connectivity index (χ1v) is 10.1. The van der Waals surface area contributed by atoms with Gasteiger partial charge in [0.2, 0.25) is 5.91 Å². The van der Waals surface area contributed by atoms with E-state index in [-0.39, 0.29) is 17.8 Å². The van der Waals surface area contributed by atoms with Crippen LogP contribution in [0.15, 0.2) is 59.0 Å². The third kappa shape index (κ3) is 5.88. The number of aromatic carboxylic acids is 1. The first-order valence-electron chi connectivity index (χ1n) is 9.37. The number of anilines is 1. The van der Waals surface area contributed by atoms with Crippen LogP contribution in [0.2, 0.25) is 10.0 Å². The van der Waals surface area contributed by atoms with Gasteiger partial charge in [0, 0.05) is 10.6 Å². The lowest BCUT2D eigenvalue weighted by atomic mass is 10.1. The SMILES string of the molecule is O=C(O)CC(NCc1ccc(-c2cc(Cl)ccc2Cl)o1)C(=O)Nc1ccccc1C(=O)O. The van der Waals surface area contributed by atoms with Gasteiger partial charge in [-0.3, -0.25) is 14.9 Å². The maximum atomic E-state index is 12.7.